The molecule has 20 heavy (non-hydrogen) atoms. The number of aliphatic hydroxyl groups excluding tert-OH is 2. The summed E-state index contributed by atoms with van der Waals surface area (Å²) in [6.07, 6.45) is -5.93. The van der Waals surface area contributed by atoms with Crippen LogP contribution in [0, 0.1) is 0 Å². The van der Waals surface area contributed by atoms with Crippen LogP contribution in [0.15, 0.2) is 0 Å². The summed E-state index contributed by atoms with van der Waals surface area (Å²) < 4.78 is 18.7. The van der Waals surface area contributed by atoms with Gasteiger partial charge in [-0.25, -0.2) is 0 Å². The van der Waals surface area contributed by atoms with Crippen molar-refractivity contribution >= 4 is 13.8 Å². The summed E-state index contributed by atoms with van der Waals surface area (Å²) in [5, 5.41) is 38.7. The maximum absolute atomic E-state index is 10.6. The molecule has 0 aliphatic carbocycles. The molecule has 1 aliphatic rings. The first-order chi connectivity index (χ1) is 8.05. The summed E-state index contributed by atoms with van der Waals surface area (Å²) in [5.41, 5.74) is 0. The van der Waals surface area contributed by atoms with Gasteiger partial charge >= 0.3 is 59.1 Å². The third-order valence-corrected chi connectivity index (χ3v) is 2.80. The zero-order valence-corrected chi connectivity index (χ0v) is 15.7. The number of aliphatic carboxylic acids is 1. The molecule has 1 aliphatic heterocycles. The van der Waals surface area contributed by atoms with E-state index in [4.69, 9.17) is 4.89 Å². The van der Waals surface area contributed by atoms with Gasteiger partial charge in [0.2, 0.25) is 5.79 Å². The van der Waals surface area contributed by atoms with Gasteiger partial charge in [-0.2, -0.15) is 0 Å². The Kier molecular flexibility index (Phi) is 10.5. The molecule has 0 aromatic rings. The Bertz CT molecular complexity index is 375. The summed E-state index contributed by atoms with van der Waals surface area (Å²) >= 11 is 0. The van der Waals surface area contributed by atoms with Gasteiger partial charge in [-0.1, -0.05) is 0 Å². The molecular weight excluding hydrogens is 321 g/mol. The van der Waals surface area contributed by atoms with E-state index in [1.807, 2.05) is 0 Å². The maximum Gasteiger partial charge on any atom is 1.00 e. The minimum Gasteiger partial charge on any atom is -0.756 e. The molecule has 1 saturated heterocycles. The van der Waals surface area contributed by atoms with E-state index in [1.165, 1.54) is 0 Å². The van der Waals surface area contributed by atoms with E-state index in [1.54, 1.807) is 0 Å². The average molecular weight is 332 g/mol. The topological polar surface area (TPSA) is 180 Å². The number of phosphoric acid groups is 1. The molecule has 1 fully saturated rings. The van der Waals surface area contributed by atoms with Crippen molar-refractivity contribution < 1.29 is 108 Å². The largest absolute Gasteiger partial charge is 1.00 e. The van der Waals surface area contributed by atoms with Gasteiger partial charge in [-0.3, -0.25) is 4.57 Å². The van der Waals surface area contributed by atoms with E-state index in [9.17, 15) is 34.7 Å². The van der Waals surface area contributed by atoms with Crippen LogP contribution in [0.5, 0.6) is 0 Å². The number of carboxylic acids is 1. The van der Waals surface area contributed by atoms with Crippen molar-refractivity contribution in [1.82, 2.24) is 0 Å². The fraction of sp³-hybridized carbons (Fsp3) is 0.857. The number of carbonyl (C=O) groups is 1. The molecule has 106 valence electrons. The van der Waals surface area contributed by atoms with Crippen molar-refractivity contribution in [2.75, 3.05) is 6.61 Å². The normalized spacial score (nSPS) is 36.1. The summed E-state index contributed by atoms with van der Waals surface area (Å²) in [4.78, 5) is 29.2. The van der Waals surface area contributed by atoms with Crippen molar-refractivity contribution in [1.29, 1.82) is 0 Å². The Balaban J connectivity index is 0. The number of carboxylic acid groups (broad SMARTS) is 1. The average Bonchev–Trinajstić information content (AvgIpc) is 2.20. The second kappa shape index (κ2) is 8.90. The first-order valence-electron chi connectivity index (χ1n) is 4.71. The minimum absolute atomic E-state index is 0. The predicted octanol–water partition coefficient (Wildman–Crippen LogP) is -10.6. The molecule has 1 rings (SSSR count). The molecule has 0 spiro atoms. The number of hydrogen-bond acceptors (Lipinski definition) is 9. The van der Waals surface area contributed by atoms with E-state index in [0.29, 0.717) is 0 Å². The number of hydrogen-bond donors (Lipinski definition) is 4. The summed E-state index contributed by atoms with van der Waals surface area (Å²) in [6.45, 7) is -0.981. The number of ether oxygens (including phenoxy) is 1. The molecule has 4 N–H and O–H groups in total. The van der Waals surface area contributed by atoms with E-state index in [2.05, 4.69) is 9.26 Å². The van der Waals surface area contributed by atoms with Gasteiger partial charge in [0.1, 0.15) is 18.2 Å². The second-order valence-electron chi connectivity index (χ2n) is 3.75. The van der Waals surface area contributed by atoms with E-state index in [0.717, 1.165) is 0 Å². The number of carbonyl (C=O) groups excluding carboxylic acids is 1. The van der Waals surface area contributed by atoms with E-state index >= 15 is 0 Å². The van der Waals surface area contributed by atoms with Crippen LogP contribution in [-0.2, 0) is 18.6 Å². The van der Waals surface area contributed by atoms with Gasteiger partial charge in [0.05, 0.1) is 12.7 Å². The Labute approximate surface area is 157 Å². The van der Waals surface area contributed by atoms with Crippen molar-refractivity contribution in [3.8, 4) is 0 Å². The van der Waals surface area contributed by atoms with Crippen LogP contribution < -0.4 is 69.1 Å². The molecule has 2 unspecified atom stereocenters. The third-order valence-electron chi connectivity index (χ3n) is 2.33. The number of aliphatic hydroxyl groups is 3. The van der Waals surface area contributed by atoms with Crippen molar-refractivity contribution in [3.63, 3.8) is 0 Å². The summed E-state index contributed by atoms with van der Waals surface area (Å²) in [6, 6.07) is 0. The van der Waals surface area contributed by atoms with Gasteiger partial charge < -0.3 is 44.3 Å². The first kappa shape index (κ1) is 23.7. The quantitative estimate of drug-likeness (QED) is 0.285. The molecule has 5 atom stereocenters. The second-order valence-corrected chi connectivity index (χ2v) is 4.95. The molecule has 0 aromatic carbocycles. The van der Waals surface area contributed by atoms with Gasteiger partial charge in [0, 0.05) is 6.42 Å². The van der Waals surface area contributed by atoms with Crippen LogP contribution in [0.2, 0.25) is 0 Å². The monoisotopic (exact) mass is 332 g/mol. The SMILES string of the molecule is O=C([O-])C1(O)C[C@@H](O)[C@H](O)[C@@H](COP(=O)([O-])O)O1.[Na+].[Na+]. The van der Waals surface area contributed by atoms with Gasteiger partial charge in [0.15, 0.2) is 0 Å². The molecule has 0 saturated carbocycles. The van der Waals surface area contributed by atoms with Crippen molar-refractivity contribution in [2.24, 2.45) is 0 Å². The molecule has 0 amide bonds. The molecule has 0 radical (unpaired) electrons. The zero-order valence-electron chi connectivity index (χ0n) is 10.8. The standard InChI is InChI=1S/C7H13O10P.2Na/c8-3-1-7(12,6(10)11)17-4(5(3)9)2-16-18(13,14)15;;/h3-5,8-9,12H,1-2H2,(H,10,11)(H2,13,14,15);;/q;2*+1/p-2/t3-,4-,5+,7?;;/m1../s1. The molecule has 0 bridgehead atoms. The maximum atomic E-state index is 10.6. The van der Waals surface area contributed by atoms with Crippen LogP contribution in [-0.4, -0.2) is 56.9 Å². The Morgan fingerprint density at radius 3 is 2.35 bits per heavy atom. The summed E-state index contributed by atoms with van der Waals surface area (Å²) in [7, 11) is -5.11. The smallest absolute Gasteiger partial charge is 0.756 e. The van der Waals surface area contributed by atoms with Crippen LogP contribution >= 0.6 is 7.82 Å². The molecular formula is C7H11Na2O10P. The van der Waals surface area contributed by atoms with Gasteiger partial charge in [0.25, 0.3) is 7.82 Å². The van der Waals surface area contributed by atoms with E-state index in [-0.39, 0.29) is 59.1 Å². The fourth-order valence-electron chi connectivity index (χ4n) is 1.45. The van der Waals surface area contributed by atoms with E-state index < -0.39 is 50.9 Å². The Morgan fingerprint density at radius 1 is 1.45 bits per heavy atom. The van der Waals surface area contributed by atoms with Crippen molar-refractivity contribution in [2.45, 2.75) is 30.5 Å². The Morgan fingerprint density at radius 2 is 1.95 bits per heavy atom. The van der Waals surface area contributed by atoms with Crippen LogP contribution in [0.3, 0.4) is 0 Å². The summed E-state index contributed by atoms with van der Waals surface area (Å²) in [5.74, 6) is -4.94. The molecule has 1 heterocycles. The number of rotatable bonds is 4. The van der Waals surface area contributed by atoms with Crippen LogP contribution in [0.1, 0.15) is 6.42 Å². The zero-order chi connectivity index (χ0) is 14.1. The van der Waals surface area contributed by atoms with Gasteiger partial charge in [-0.15, -0.1) is 0 Å². The minimum atomic E-state index is -5.11. The van der Waals surface area contributed by atoms with Crippen LogP contribution in [0.4, 0.5) is 0 Å². The number of phosphoric ester groups is 1. The van der Waals surface area contributed by atoms with Crippen LogP contribution in [0.25, 0.3) is 0 Å². The third kappa shape index (κ3) is 6.67. The Hall–Kier alpha value is 1.42. The molecule has 0 aromatic heterocycles. The van der Waals surface area contributed by atoms with Gasteiger partial charge in [-0.05, 0) is 0 Å². The predicted molar refractivity (Wildman–Crippen MR) is 47.2 cm³/mol. The first-order valence-corrected chi connectivity index (χ1v) is 6.21. The van der Waals surface area contributed by atoms with Crippen molar-refractivity contribution in [3.05, 3.63) is 0 Å². The fourth-order valence-corrected chi connectivity index (χ4v) is 1.79. The molecule has 13 heteroatoms. The molecule has 10 nitrogen and oxygen atoms in total.